The molecule has 6 atom stereocenters. The number of rotatable bonds is 9. The molecule has 7 N–H and O–H groups in total. The molecule has 0 saturated carbocycles. The third kappa shape index (κ3) is 5.40. The fourth-order valence-corrected chi connectivity index (χ4v) is 6.75. The number of nitriles is 1. The molecular weight excluding hydrogens is 535 g/mol. The molecule has 20 heteroatoms. The SMILES string of the molecule is C=C[C@@H]1[C@H](O)[C@@](C)(COP(=O)(O)OP(=O)(O)OP(=O)(O)O)O[C@@]1(C#N)c1ccc2c(N)ncnn12. The Kier molecular flexibility index (Phi) is 7.19. The number of hydrogen-bond donors (Lipinski definition) is 6. The van der Waals surface area contributed by atoms with Gasteiger partial charge in [-0.3, -0.25) is 4.52 Å². The third-order valence-electron chi connectivity index (χ3n) is 5.04. The van der Waals surface area contributed by atoms with Crippen molar-refractivity contribution in [2.45, 2.75) is 24.2 Å². The number of nitrogens with zero attached hydrogens (tertiary/aromatic N) is 4. The molecule has 0 bridgehead atoms. The first-order valence-corrected chi connectivity index (χ1v) is 13.8. The lowest BCUT2D eigenvalue weighted by atomic mass is 9.81. The van der Waals surface area contributed by atoms with Gasteiger partial charge < -0.3 is 35.2 Å². The van der Waals surface area contributed by atoms with Crippen LogP contribution in [0.4, 0.5) is 5.82 Å². The maximum Gasteiger partial charge on any atom is 0.490 e. The van der Waals surface area contributed by atoms with Gasteiger partial charge in [-0.15, -0.1) is 6.58 Å². The Morgan fingerprint density at radius 3 is 2.51 bits per heavy atom. The Labute approximate surface area is 196 Å². The predicted octanol–water partition coefficient (Wildman–Crippen LogP) is 0.326. The minimum absolute atomic E-state index is 0.0865. The fourth-order valence-electron chi connectivity index (χ4n) is 3.63. The highest BCUT2D eigenvalue weighted by molar-refractivity contribution is 7.66. The molecule has 0 aliphatic carbocycles. The molecule has 1 saturated heterocycles. The average Bonchev–Trinajstić information content (AvgIpc) is 3.23. The maximum atomic E-state index is 12.1. The van der Waals surface area contributed by atoms with Crippen LogP contribution in [0.5, 0.6) is 0 Å². The summed E-state index contributed by atoms with van der Waals surface area (Å²) in [7, 11) is -16.9. The van der Waals surface area contributed by atoms with Crippen LogP contribution in [-0.2, 0) is 37.2 Å². The van der Waals surface area contributed by atoms with Crippen molar-refractivity contribution in [3.05, 3.63) is 36.8 Å². The standard InChI is InChI=1S/C15H20N5O12P3/c1-3-9-12(21)14(2,7-29-34(25,26)32-35(27,28)31-33(22,23)24)30-15(9,6-16)11-5-4-10-13(17)18-8-19-20(10)11/h3-5,8-9,12,21H,1,7H2,2H3,(H,25,26)(H,27,28)(H2,17,18,19)(H2,22,23,24)/t9-,12+,14-,15-/m1/s1. The number of phosphoric acid groups is 3. The number of nitrogen functional groups attached to an aromatic ring is 1. The van der Waals surface area contributed by atoms with Crippen LogP contribution in [0.15, 0.2) is 31.1 Å². The topological polar surface area (TPSA) is 269 Å². The van der Waals surface area contributed by atoms with Crippen LogP contribution in [0.2, 0.25) is 0 Å². The maximum absolute atomic E-state index is 12.1. The monoisotopic (exact) mass is 555 g/mol. The molecular formula is C15H20N5O12P3. The quantitative estimate of drug-likeness (QED) is 0.180. The number of aliphatic hydroxyl groups is 1. The summed E-state index contributed by atoms with van der Waals surface area (Å²) < 4.78 is 53.5. The van der Waals surface area contributed by atoms with Gasteiger partial charge >= 0.3 is 23.5 Å². The van der Waals surface area contributed by atoms with E-state index in [1.54, 1.807) is 0 Å². The number of hydrogen-bond acceptors (Lipinski definition) is 12. The van der Waals surface area contributed by atoms with E-state index in [1.165, 1.54) is 29.6 Å². The number of anilines is 1. The highest BCUT2D eigenvalue weighted by Crippen LogP contribution is 2.66. The summed E-state index contributed by atoms with van der Waals surface area (Å²) in [4.78, 5) is 40.1. The summed E-state index contributed by atoms with van der Waals surface area (Å²) in [6.07, 6.45) is 0.741. The minimum Gasteiger partial charge on any atom is -0.389 e. The molecule has 3 rings (SSSR count). The normalized spacial score (nSPS) is 30.4. The zero-order valence-corrected chi connectivity index (χ0v) is 20.4. The number of ether oxygens (including phenoxy) is 1. The van der Waals surface area contributed by atoms with Crippen molar-refractivity contribution in [3.63, 3.8) is 0 Å². The van der Waals surface area contributed by atoms with Crippen LogP contribution < -0.4 is 5.73 Å². The van der Waals surface area contributed by atoms with Gasteiger partial charge in [0.05, 0.1) is 24.3 Å². The second-order valence-corrected chi connectivity index (χ2v) is 11.9. The van der Waals surface area contributed by atoms with E-state index >= 15 is 0 Å². The lowest BCUT2D eigenvalue weighted by Gasteiger charge is -2.29. The predicted molar refractivity (Wildman–Crippen MR) is 114 cm³/mol. The Bertz CT molecular complexity index is 1340. The molecule has 17 nitrogen and oxygen atoms in total. The van der Waals surface area contributed by atoms with Crippen LogP contribution >= 0.6 is 23.5 Å². The molecule has 0 radical (unpaired) electrons. The number of aliphatic hydroxyl groups excluding tert-OH is 1. The van der Waals surface area contributed by atoms with Crippen molar-refractivity contribution in [2.75, 3.05) is 12.3 Å². The highest BCUT2D eigenvalue weighted by atomic mass is 31.3. The molecule has 3 heterocycles. The number of aromatic nitrogens is 3. The first kappa shape index (κ1) is 27.6. The Morgan fingerprint density at radius 1 is 1.29 bits per heavy atom. The van der Waals surface area contributed by atoms with E-state index in [9.17, 15) is 33.9 Å². The molecule has 2 aromatic rings. The van der Waals surface area contributed by atoms with Crippen LogP contribution in [0, 0.1) is 17.2 Å². The molecule has 1 aliphatic heterocycles. The third-order valence-corrected chi connectivity index (χ3v) is 8.82. The van der Waals surface area contributed by atoms with Crippen LogP contribution in [0.25, 0.3) is 5.52 Å². The van der Waals surface area contributed by atoms with Gasteiger partial charge in [-0.1, -0.05) is 6.08 Å². The van der Waals surface area contributed by atoms with E-state index in [2.05, 4.69) is 29.8 Å². The summed E-state index contributed by atoms with van der Waals surface area (Å²) in [6.45, 7) is 3.81. The average molecular weight is 555 g/mol. The van der Waals surface area contributed by atoms with Gasteiger partial charge in [0.25, 0.3) is 0 Å². The first-order valence-electron chi connectivity index (χ1n) is 9.28. The van der Waals surface area contributed by atoms with Crippen molar-refractivity contribution >= 4 is 34.8 Å². The summed E-state index contributed by atoms with van der Waals surface area (Å²) in [5.41, 5.74) is 2.35. The lowest BCUT2D eigenvalue weighted by molar-refractivity contribution is -0.120. The van der Waals surface area contributed by atoms with Gasteiger partial charge in [0.1, 0.15) is 23.5 Å². The highest BCUT2D eigenvalue weighted by Gasteiger charge is 2.62. The van der Waals surface area contributed by atoms with Gasteiger partial charge in [-0.05, 0) is 19.1 Å². The van der Waals surface area contributed by atoms with Crippen LogP contribution in [0.3, 0.4) is 0 Å². The van der Waals surface area contributed by atoms with E-state index < -0.39 is 53.3 Å². The zero-order valence-electron chi connectivity index (χ0n) is 17.7. The van der Waals surface area contributed by atoms with Crippen molar-refractivity contribution in [2.24, 2.45) is 5.92 Å². The van der Waals surface area contributed by atoms with Gasteiger partial charge in [-0.25, -0.2) is 23.2 Å². The summed E-state index contributed by atoms with van der Waals surface area (Å²) in [5.74, 6) is -1.07. The van der Waals surface area contributed by atoms with E-state index in [-0.39, 0.29) is 11.5 Å². The molecule has 1 fully saturated rings. The Balaban J connectivity index is 1.92. The van der Waals surface area contributed by atoms with Crippen molar-refractivity contribution < 1.29 is 56.3 Å². The second-order valence-electron chi connectivity index (χ2n) is 7.49. The molecule has 0 spiro atoms. The van der Waals surface area contributed by atoms with Crippen molar-refractivity contribution in [1.82, 2.24) is 14.6 Å². The number of fused-ring (bicyclic) bond motifs is 1. The van der Waals surface area contributed by atoms with E-state index in [0.29, 0.717) is 5.52 Å². The van der Waals surface area contributed by atoms with E-state index in [1.807, 2.05) is 6.07 Å². The second kappa shape index (κ2) is 9.13. The van der Waals surface area contributed by atoms with Gasteiger partial charge in [0, 0.05) is 0 Å². The molecule has 2 aromatic heterocycles. The molecule has 0 amide bonds. The van der Waals surface area contributed by atoms with Crippen LogP contribution in [0.1, 0.15) is 12.6 Å². The van der Waals surface area contributed by atoms with Gasteiger partial charge in [0.2, 0.25) is 5.60 Å². The molecule has 0 aromatic carbocycles. The number of phosphoric ester groups is 1. The van der Waals surface area contributed by atoms with E-state index in [0.717, 1.165) is 6.33 Å². The Hall–Kier alpha value is -2.02. The molecule has 2 unspecified atom stereocenters. The Morgan fingerprint density at radius 2 is 1.94 bits per heavy atom. The van der Waals surface area contributed by atoms with Gasteiger partial charge in [-0.2, -0.15) is 19.0 Å². The zero-order chi connectivity index (χ0) is 26.4. The first-order chi connectivity index (χ1) is 16.0. The molecule has 192 valence electrons. The summed E-state index contributed by atoms with van der Waals surface area (Å²) in [6, 6.07) is 4.90. The molecule has 1 aliphatic rings. The van der Waals surface area contributed by atoms with Crippen molar-refractivity contribution in [1.29, 1.82) is 5.26 Å². The smallest absolute Gasteiger partial charge is 0.389 e. The molecule has 35 heavy (non-hydrogen) atoms. The minimum atomic E-state index is -5.76. The van der Waals surface area contributed by atoms with Crippen LogP contribution in [-0.4, -0.2) is 57.6 Å². The summed E-state index contributed by atoms with van der Waals surface area (Å²) in [5, 5.41) is 25.1. The van der Waals surface area contributed by atoms with Crippen molar-refractivity contribution in [3.8, 4) is 6.07 Å². The largest absolute Gasteiger partial charge is 0.490 e. The van der Waals surface area contributed by atoms with E-state index in [4.69, 9.17) is 20.3 Å². The lowest BCUT2D eigenvalue weighted by Crippen LogP contribution is -2.42. The number of nitrogens with two attached hydrogens (primary N) is 1. The summed E-state index contributed by atoms with van der Waals surface area (Å²) >= 11 is 0. The fraction of sp³-hybridized carbons (Fsp3) is 0.400. The van der Waals surface area contributed by atoms with Gasteiger partial charge in [0.15, 0.2) is 5.82 Å².